The van der Waals surface area contributed by atoms with E-state index in [0.29, 0.717) is 42.5 Å². The Kier molecular flexibility index (Phi) is 5.52. The summed E-state index contributed by atoms with van der Waals surface area (Å²) in [5.41, 5.74) is 0.658. The van der Waals surface area contributed by atoms with Gasteiger partial charge in [0, 0.05) is 25.2 Å². The average Bonchev–Trinajstić information content (AvgIpc) is 2.45. The fourth-order valence-electron chi connectivity index (χ4n) is 1.79. The molecular weight excluding hydrogens is 283 g/mol. The lowest BCUT2D eigenvalue weighted by molar-refractivity contribution is 0.0759. The van der Waals surface area contributed by atoms with Gasteiger partial charge in [-0.05, 0) is 18.2 Å². The first-order chi connectivity index (χ1) is 9.74. The SMILES string of the molecule is COCCOCCNc1ccc2c(Cl)ccnc2c1F. The number of rotatable bonds is 7. The Bertz CT molecular complexity index is 580. The Labute approximate surface area is 121 Å². The molecule has 0 bridgehead atoms. The lowest BCUT2D eigenvalue weighted by Crippen LogP contribution is -2.12. The van der Waals surface area contributed by atoms with Gasteiger partial charge < -0.3 is 14.8 Å². The maximum atomic E-state index is 14.2. The topological polar surface area (TPSA) is 43.4 Å². The van der Waals surface area contributed by atoms with E-state index in [1.54, 1.807) is 25.3 Å². The number of methoxy groups -OCH3 is 1. The third kappa shape index (κ3) is 3.56. The number of nitrogens with zero attached hydrogens (tertiary/aromatic N) is 1. The number of fused-ring (bicyclic) bond motifs is 1. The number of nitrogens with one attached hydrogen (secondary N) is 1. The van der Waals surface area contributed by atoms with Crippen molar-refractivity contribution < 1.29 is 13.9 Å². The van der Waals surface area contributed by atoms with Gasteiger partial charge in [-0.1, -0.05) is 11.6 Å². The summed E-state index contributed by atoms with van der Waals surface area (Å²) in [5.74, 6) is -0.401. The van der Waals surface area contributed by atoms with E-state index in [9.17, 15) is 4.39 Å². The van der Waals surface area contributed by atoms with E-state index in [0.717, 1.165) is 0 Å². The van der Waals surface area contributed by atoms with Gasteiger partial charge in [-0.3, -0.25) is 4.98 Å². The molecule has 0 saturated heterocycles. The van der Waals surface area contributed by atoms with E-state index in [2.05, 4.69) is 10.3 Å². The van der Waals surface area contributed by atoms with Crippen molar-refractivity contribution in [3.63, 3.8) is 0 Å². The van der Waals surface area contributed by atoms with Crippen LogP contribution in [-0.4, -0.2) is 38.5 Å². The van der Waals surface area contributed by atoms with Gasteiger partial charge >= 0.3 is 0 Å². The quantitative estimate of drug-likeness (QED) is 0.798. The molecule has 4 nitrogen and oxygen atoms in total. The average molecular weight is 299 g/mol. The van der Waals surface area contributed by atoms with Crippen LogP contribution in [0.1, 0.15) is 0 Å². The van der Waals surface area contributed by atoms with Crippen LogP contribution >= 0.6 is 11.6 Å². The molecule has 0 radical (unpaired) electrons. The van der Waals surface area contributed by atoms with Crippen molar-refractivity contribution in [2.45, 2.75) is 0 Å². The highest BCUT2D eigenvalue weighted by Crippen LogP contribution is 2.27. The third-order valence-electron chi connectivity index (χ3n) is 2.79. The maximum absolute atomic E-state index is 14.2. The van der Waals surface area contributed by atoms with Crippen molar-refractivity contribution in [2.75, 3.05) is 38.8 Å². The van der Waals surface area contributed by atoms with Crippen LogP contribution in [0, 0.1) is 5.82 Å². The first-order valence-corrected chi connectivity index (χ1v) is 6.65. The van der Waals surface area contributed by atoms with Crippen molar-refractivity contribution in [3.8, 4) is 0 Å². The molecule has 20 heavy (non-hydrogen) atoms. The summed E-state index contributed by atoms with van der Waals surface area (Å²) in [7, 11) is 1.62. The summed E-state index contributed by atoms with van der Waals surface area (Å²) >= 11 is 6.00. The van der Waals surface area contributed by atoms with Gasteiger partial charge in [-0.25, -0.2) is 4.39 Å². The molecule has 0 unspecified atom stereocenters. The zero-order valence-corrected chi connectivity index (χ0v) is 11.9. The van der Waals surface area contributed by atoms with Crippen LogP contribution in [0.3, 0.4) is 0 Å². The number of pyridine rings is 1. The second kappa shape index (κ2) is 7.38. The summed E-state index contributed by atoms with van der Waals surface area (Å²) in [6.45, 7) is 2.05. The fraction of sp³-hybridized carbons (Fsp3) is 0.357. The van der Waals surface area contributed by atoms with Crippen LogP contribution in [0.15, 0.2) is 24.4 Å². The molecular formula is C14H16ClFN2O2. The molecule has 6 heteroatoms. The van der Waals surface area contributed by atoms with Crippen LogP contribution < -0.4 is 5.32 Å². The van der Waals surface area contributed by atoms with Crippen LogP contribution in [0.4, 0.5) is 10.1 Å². The van der Waals surface area contributed by atoms with Gasteiger partial charge in [0.25, 0.3) is 0 Å². The van der Waals surface area contributed by atoms with Gasteiger partial charge in [0.1, 0.15) is 5.52 Å². The number of aromatic nitrogens is 1. The second-order valence-electron chi connectivity index (χ2n) is 4.15. The molecule has 1 N–H and O–H groups in total. The maximum Gasteiger partial charge on any atom is 0.172 e. The highest BCUT2D eigenvalue weighted by molar-refractivity contribution is 6.35. The highest BCUT2D eigenvalue weighted by Gasteiger charge is 2.09. The zero-order chi connectivity index (χ0) is 14.4. The van der Waals surface area contributed by atoms with Gasteiger partial charge in [0.2, 0.25) is 0 Å². The molecule has 1 aromatic heterocycles. The number of hydrogen-bond donors (Lipinski definition) is 1. The van der Waals surface area contributed by atoms with Crippen molar-refractivity contribution in [3.05, 3.63) is 35.2 Å². The molecule has 0 amide bonds. The largest absolute Gasteiger partial charge is 0.382 e. The predicted octanol–water partition coefficient (Wildman–Crippen LogP) is 3.10. The predicted molar refractivity (Wildman–Crippen MR) is 77.9 cm³/mol. The fourth-order valence-corrected chi connectivity index (χ4v) is 2.00. The molecule has 0 spiro atoms. The number of hydrogen-bond acceptors (Lipinski definition) is 4. The monoisotopic (exact) mass is 298 g/mol. The van der Waals surface area contributed by atoms with E-state index in [1.807, 2.05) is 0 Å². The molecule has 1 heterocycles. The number of anilines is 1. The van der Waals surface area contributed by atoms with E-state index in [4.69, 9.17) is 21.1 Å². The molecule has 1 aromatic carbocycles. The van der Waals surface area contributed by atoms with E-state index in [-0.39, 0.29) is 5.52 Å². The Balaban J connectivity index is 1.99. The second-order valence-corrected chi connectivity index (χ2v) is 4.56. The molecule has 0 aliphatic rings. The molecule has 0 saturated carbocycles. The van der Waals surface area contributed by atoms with Crippen LogP contribution in [0.5, 0.6) is 0 Å². The van der Waals surface area contributed by atoms with Gasteiger partial charge in [0.05, 0.1) is 30.5 Å². The minimum absolute atomic E-state index is 0.266. The summed E-state index contributed by atoms with van der Waals surface area (Å²) in [6, 6.07) is 5.04. The molecule has 0 fully saturated rings. The first kappa shape index (κ1) is 15.0. The van der Waals surface area contributed by atoms with Crippen LogP contribution in [-0.2, 0) is 9.47 Å². The summed E-state index contributed by atoms with van der Waals surface area (Å²) in [6.07, 6.45) is 1.49. The van der Waals surface area contributed by atoms with Crippen molar-refractivity contribution in [1.82, 2.24) is 4.98 Å². The number of halogens is 2. The van der Waals surface area contributed by atoms with E-state index in [1.165, 1.54) is 6.20 Å². The number of ether oxygens (including phenoxy) is 2. The van der Waals surface area contributed by atoms with Gasteiger partial charge in [-0.15, -0.1) is 0 Å². The Hall–Kier alpha value is -1.43. The number of benzene rings is 1. The molecule has 2 aromatic rings. The Morgan fingerprint density at radius 1 is 1.25 bits per heavy atom. The molecule has 0 aliphatic carbocycles. The van der Waals surface area contributed by atoms with Crippen molar-refractivity contribution in [1.29, 1.82) is 0 Å². The summed E-state index contributed by atoms with van der Waals surface area (Å²) in [4.78, 5) is 4.02. The standard InChI is InChI=1S/C14H16ClFN2O2/c1-19-8-9-20-7-6-17-12-3-2-10-11(15)4-5-18-14(10)13(12)16/h2-5,17H,6-9H2,1H3. The van der Waals surface area contributed by atoms with Crippen molar-refractivity contribution in [2.24, 2.45) is 0 Å². The third-order valence-corrected chi connectivity index (χ3v) is 3.12. The smallest absolute Gasteiger partial charge is 0.172 e. The molecule has 108 valence electrons. The first-order valence-electron chi connectivity index (χ1n) is 6.27. The van der Waals surface area contributed by atoms with Gasteiger partial charge in [-0.2, -0.15) is 0 Å². The Morgan fingerprint density at radius 2 is 2.10 bits per heavy atom. The lowest BCUT2D eigenvalue weighted by atomic mass is 10.2. The van der Waals surface area contributed by atoms with Crippen LogP contribution in [0.2, 0.25) is 5.02 Å². The summed E-state index contributed by atoms with van der Waals surface area (Å²) in [5, 5.41) is 4.07. The van der Waals surface area contributed by atoms with Crippen LogP contribution in [0.25, 0.3) is 10.9 Å². The minimum Gasteiger partial charge on any atom is -0.382 e. The molecule has 0 aliphatic heterocycles. The van der Waals surface area contributed by atoms with Crippen molar-refractivity contribution >= 4 is 28.2 Å². The van der Waals surface area contributed by atoms with Gasteiger partial charge in [0.15, 0.2) is 5.82 Å². The molecule has 0 atom stereocenters. The zero-order valence-electron chi connectivity index (χ0n) is 11.2. The lowest BCUT2D eigenvalue weighted by Gasteiger charge is -2.10. The van der Waals surface area contributed by atoms with E-state index < -0.39 is 5.82 Å². The molecule has 2 rings (SSSR count). The summed E-state index contributed by atoms with van der Waals surface area (Å²) < 4.78 is 24.4. The normalized spacial score (nSPS) is 10.9. The minimum atomic E-state index is -0.401. The highest BCUT2D eigenvalue weighted by atomic mass is 35.5. The van der Waals surface area contributed by atoms with E-state index >= 15 is 0 Å². The Morgan fingerprint density at radius 3 is 2.90 bits per heavy atom.